The van der Waals surface area contributed by atoms with Crippen LogP contribution in [0, 0.1) is 0 Å². The molecule has 1 aromatic carbocycles. The van der Waals surface area contributed by atoms with Crippen LogP contribution in [0.25, 0.3) is 10.9 Å². The molecular weight excluding hydrogens is 284 g/mol. The predicted molar refractivity (Wildman–Crippen MR) is 83.6 cm³/mol. The van der Waals surface area contributed by atoms with Crippen LogP contribution >= 0.6 is 0 Å². The Kier molecular flexibility index (Phi) is 3.29. The van der Waals surface area contributed by atoms with Crippen molar-refractivity contribution in [1.29, 1.82) is 0 Å². The number of fused-ring (bicyclic) bond motifs is 3. The molecule has 2 heterocycles. The molecule has 6 nitrogen and oxygen atoms in total. The van der Waals surface area contributed by atoms with Gasteiger partial charge in [-0.25, -0.2) is 4.79 Å². The number of hydrogen-bond donors (Lipinski definition) is 3. The highest BCUT2D eigenvalue weighted by Crippen LogP contribution is 2.46. The lowest BCUT2D eigenvalue weighted by atomic mass is 9.91. The number of nitrogens with one attached hydrogen (secondary N) is 2. The second-order valence-electron chi connectivity index (χ2n) is 5.96. The Bertz CT molecular complexity index is 756. The van der Waals surface area contributed by atoms with Gasteiger partial charge in [-0.1, -0.05) is 0 Å². The van der Waals surface area contributed by atoms with E-state index >= 15 is 0 Å². The Hall–Kier alpha value is -2.21. The van der Waals surface area contributed by atoms with Gasteiger partial charge < -0.3 is 24.9 Å². The third-order valence-electron chi connectivity index (χ3n) is 4.05. The molecule has 0 unspecified atom stereocenters. The number of carbonyl (C=O) groups is 1. The van der Waals surface area contributed by atoms with E-state index < -0.39 is 11.6 Å². The molecule has 0 saturated carbocycles. The van der Waals surface area contributed by atoms with Crippen molar-refractivity contribution in [2.75, 3.05) is 26.1 Å². The van der Waals surface area contributed by atoms with Gasteiger partial charge in [0.05, 0.1) is 30.9 Å². The number of rotatable bonds is 3. The number of anilines is 1. The number of benzene rings is 1. The Morgan fingerprint density at radius 3 is 2.68 bits per heavy atom. The van der Waals surface area contributed by atoms with Crippen molar-refractivity contribution in [3.8, 4) is 5.75 Å². The maximum absolute atomic E-state index is 11.8. The van der Waals surface area contributed by atoms with Crippen LogP contribution in [0.1, 0.15) is 35.5 Å². The summed E-state index contributed by atoms with van der Waals surface area (Å²) in [5, 5.41) is 14.8. The summed E-state index contributed by atoms with van der Waals surface area (Å²) in [5.74, 6) is 0.119. The summed E-state index contributed by atoms with van der Waals surface area (Å²) in [4.78, 5) is 14.9. The highest BCUT2D eigenvalue weighted by molar-refractivity contribution is 6.02. The fourth-order valence-corrected chi connectivity index (χ4v) is 3.17. The number of ether oxygens (including phenoxy) is 2. The van der Waals surface area contributed by atoms with Gasteiger partial charge in [0.15, 0.2) is 5.75 Å². The fourth-order valence-electron chi connectivity index (χ4n) is 3.17. The standard InChI is InChI=1S/C16H20N2O4/c1-16(2,20)11-12-8(5-6-17-12)9-7-10(15(19)22-4)18-13(9)14(11)21-3/h7,17-18,20H,5-6H2,1-4H3. The van der Waals surface area contributed by atoms with Crippen LogP contribution in [0.3, 0.4) is 0 Å². The normalized spacial score (nSPS) is 13.9. The molecule has 1 aromatic heterocycles. The van der Waals surface area contributed by atoms with Crippen molar-refractivity contribution < 1.29 is 19.4 Å². The van der Waals surface area contributed by atoms with Crippen LogP contribution in [0.4, 0.5) is 5.69 Å². The van der Waals surface area contributed by atoms with Crippen LogP contribution in [-0.2, 0) is 16.8 Å². The Morgan fingerprint density at radius 2 is 2.09 bits per heavy atom. The van der Waals surface area contributed by atoms with E-state index in [1.54, 1.807) is 27.0 Å². The Balaban J connectivity index is 2.40. The highest BCUT2D eigenvalue weighted by atomic mass is 16.5. The summed E-state index contributed by atoms with van der Waals surface area (Å²) >= 11 is 0. The highest BCUT2D eigenvalue weighted by Gasteiger charge is 2.32. The van der Waals surface area contributed by atoms with Gasteiger partial charge in [0.1, 0.15) is 5.69 Å². The van der Waals surface area contributed by atoms with E-state index in [0.717, 1.165) is 29.6 Å². The average molecular weight is 304 g/mol. The molecule has 0 spiro atoms. The van der Waals surface area contributed by atoms with E-state index in [1.807, 2.05) is 0 Å². The van der Waals surface area contributed by atoms with E-state index in [1.165, 1.54) is 7.11 Å². The van der Waals surface area contributed by atoms with Gasteiger partial charge in [-0.15, -0.1) is 0 Å². The molecule has 0 atom stereocenters. The van der Waals surface area contributed by atoms with Gasteiger partial charge in [0.25, 0.3) is 0 Å². The number of aromatic nitrogens is 1. The van der Waals surface area contributed by atoms with Crippen molar-refractivity contribution in [3.63, 3.8) is 0 Å². The van der Waals surface area contributed by atoms with Crippen molar-refractivity contribution in [2.24, 2.45) is 0 Å². The minimum absolute atomic E-state index is 0.373. The molecule has 118 valence electrons. The zero-order chi connectivity index (χ0) is 16.1. The van der Waals surface area contributed by atoms with Gasteiger partial charge in [-0.3, -0.25) is 0 Å². The molecule has 3 rings (SSSR count). The van der Waals surface area contributed by atoms with Crippen molar-refractivity contribution in [3.05, 3.63) is 22.9 Å². The molecule has 0 fully saturated rings. The van der Waals surface area contributed by atoms with Gasteiger partial charge in [0.2, 0.25) is 0 Å². The van der Waals surface area contributed by atoms with Crippen molar-refractivity contribution in [2.45, 2.75) is 25.9 Å². The molecule has 2 aromatic rings. The van der Waals surface area contributed by atoms with Crippen LogP contribution in [-0.4, -0.2) is 36.8 Å². The summed E-state index contributed by atoms with van der Waals surface area (Å²) in [5.41, 5.74) is 2.69. The van der Waals surface area contributed by atoms with Crippen molar-refractivity contribution in [1.82, 2.24) is 4.98 Å². The van der Waals surface area contributed by atoms with E-state index in [0.29, 0.717) is 22.5 Å². The van der Waals surface area contributed by atoms with E-state index in [9.17, 15) is 9.90 Å². The number of H-pyrrole nitrogens is 1. The Labute approximate surface area is 128 Å². The first kappa shape index (κ1) is 14.7. The van der Waals surface area contributed by atoms with E-state index in [4.69, 9.17) is 9.47 Å². The second kappa shape index (κ2) is 4.91. The molecular formula is C16H20N2O4. The lowest BCUT2D eigenvalue weighted by Gasteiger charge is -2.25. The van der Waals surface area contributed by atoms with Crippen LogP contribution in [0.5, 0.6) is 5.75 Å². The minimum Gasteiger partial charge on any atom is -0.494 e. The predicted octanol–water partition coefficient (Wildman–Crippen LogP) is 2.16. The molecule has 0 bridgehead atoms. The first-order valence-electron chi connectivity index (χ1n) is 7.19. The number of aromatic amines is 1. The maximum atomic E-state index is 11.8. The molecule has 22 heavy (non-hydrogen) atoms. The molecule has 1 aliphatic heterocycles. The third-order valence-corrected chi connectivity index (χ3v) is 4.05. The summed E-state index contributed by atoms with van der Waals surface area (Å²) in [6.45, 7) is 4.24. The second-order valence-corrected chi connectivity index (χ2v) is 5.96. The smallest absolute Gasteiger partial charge is 0.354 e. The number of carbonyl (C=O) groups excluding carboxylic acids is 1. The fraction of sp³-hybridized carbons (Fsp3) is 0.438. The maximum Gasteiger partial charge on any atom is 0.354 e. The SMILES string of the molecule is COC(=O)c1cc2c3c(c(C(C)(C)O)c(OC)c2[nH]1)NCC3. The quantitative estimate of drug-likeness (QED) is 0.757. The van der Waals surface area contributed by atoms with Crippen LogP contribution in [0.15, 0.2) is 6.07 Å². The average Bonchev–Trinajstić information content (AvgIpc) is 3.09. The molecule has 3 N–H and O–H groups in total. The topological polar surface area (TPSA) is 83.6 Å². The van der Waals surface area contributed by atoms with Gasteiger partial charge in [0, 0.05) is 17.6 Å². The minimum atomic E-state index is -1.07. The molecule has 0 saturated heterocycles. The third kappa shape index (κ3) is 2.02. The zero-order valence-corrected chi connectivity index (χ0v) is 13.2. The summed E-state index contributed by atoms with van der Waals surface area (Å²) in [6.07, 6.45) is 0.831. The van der Waals surface area contributed by atoms with Gasteiger partial charge >= 0.3 is 5.97 Å². The largest absolute Gasteiger partial charge is 0.494 e. The molecule has 0 radical (unpaired) electrons. The van der Waals surface area contributed by atoms with E-state index in [2.05, 4.69) is 10.3 Å². The van der Waals surface area contributed by atoms with Gasteiger partial charge in [-0.2, -0.15) is 0 Å². The van der Waals surface area contributed by atoms with Crippen LogP contribution < -0.4 is 10.1 Å². The number of aliphatic hydroxyl groups is 1. The number of hydrogen-bond acceptors (Lipinski definition) is 5. The monoisotopic (exact) mass is 304 g/mol. The van der Waals surface area contributed by atoms with Crippen LogP contribution in [0.2, 0.25) is 0 Å². The van der Waals surface area contributed by atoms with Gasteiger partial charge in [-0.05, 0) is 31.9 Å². The summed E-state index contributed by atoms with van der Waals surface area (Å²) < 4.78 is 10.3. The summed E-state index contributed by atoms with van der Waals surface area (Å²) in [6, 6.07) is 1.78. The molecule has 0 aliphatic carbocycles. The lowest BCUT2D eigenvalue weighted by molar-refractivity contribution is 0.0595. The molecule has 1 aliphatic rings. The van der Waals surface area contributed by atoms with E-state index in [-0.39, 0.29) is 0 Å². The summed E-state index contributed by atoms with van der Waals surface area (Å²) in [7, 11) is 2.91. The zero-order valence-electron chi connectivity index (χ0n) is 13.2. The van der Waals surface area contributed by atoms with Crippen molar-refractivity contribution >= 4 is 22.6 Å². The number of methoxy groups -OCH3 is 2. The Morgan fingerprint density at radius 1 is 1.36 bits per heavy atom. The molecule has 6 heteroatoms. The first-order chi connectivity index (χ1) is 10.4. The number of esters is 1. The first-order valence-corrected chi connectivity index (χ1v) is 7.19. The lowest BCUT2D eigenvalue weighted by Crippen LogP contribution is -2.19. The molecule has 0 amide bonds.